The van der Waals surface area contributed by atoms with Gasteiger partial charge in [0.05, 0.1) is 0 Å². The average molecular weight is 443 g/mol. The first-order valence-electron chi connectivity index (χ1n) is 5.86. The van der Waals surface area contributed by atoms with Gasteiger partial charge in [-0.25, -0.2) is 0 Å². The number of nitrogens with zero attached hydrogens (tertiary/aromatic N) is 2. The van der Waals surface area contributed by atoms with Gasteiger partial charge in [0.1, 0.15) is 0 Å². The molecule has 0 amide bonds. The van der Waals surface area contributed by atoms with E-state index in [9.17, 15) is 0 Å². The summed E-state index contributed by atoms with van der Waals surface area (Å²) in [5, 5.41) is 6.25. The standard InChI is InChI=1S/C11H8N.C5H10.CN.Ir/c1-2-6-10(7-3-1)11-8-4-5-9-12-11;1-5(2,3)4;1-2;/h1-6,8-9H;1H,2-4H3;;/q3*-1;+3. The predicted octanol–water partition coefficient (Wildman–Crippen LogP) is 4.39. The van der Waals surface area contributed by atoms with Gasteiger partial charge in [0.25, 0.3) is 0 Å². The molecule has 3 heteroatoms. The molecule has 1 aromatic heterocycles. The quantitative estimate of drug-likeness (QED) is 0.615. The van der Waals surface area contributed by atoms with E-state index in [0.29, 0.717) is 0 Å². The van der Waals surface area contributed by atoms with Crippen molar-refractivity contribution in [2.45, 2.75) is 20.8 Å². The van der Waals surface area contributed by atoms with Crippen molar-refractivity contribution < 1.29 is 20.1 Å². The smallest absolute Gasteiger partial charge is 0.512 e. The Morgan fingerprint density at radius 1 is 1.10 bits per heavy atom. The normalized spacial score (nSPS) is 8.90. The molecule has 0 aliphatic heterocycles. The van der Waals surface area contributed by atoms with E-state index >= 15 is 0 Å². The van der Waals surface area contributed by atoms with Crippen LogP contribution in [-0.4, -0.2) is 4.98 Å². The first-order chi connectivity index (χ1) is 8.97. The molecule has 0 saturated carbocycles. The van der Waals surface area contributed by atoms with Crippen molar-refractivity contribution in [3.8, 4) is 11.3 Å². The summed E-state index contributed by atoms with van der Waals surface area (Å²) in [5.74, 6) is 0. The molecule has 2 rings (SSSR count). The van der Waals surface area contributed by atoms with Crippen LogP contribution in [0.15, 0.2) is 48.7 Å². The summed E-state index contributed by atoms with van der Waals surface area (Å²) in [5.41, 5.74) is 2.01. The molecule has 0 aliphatic carbocycles. The van der Waals surface area contributed by atoms with Crippen LogP contribution in [0.4, 0.5) is 0 Å². The molecule has 0 aliphatic rings. The van der Waals surface area contributed by atoms with Crippen LogP contribution in [-0.2, 0) is 20.1 Å². The summed E-state index contributed by atoms with van der Waals surface area (Å²) in [6.07, 6.45) is 1.79. The number of pyridine rings is 1. The molecule has 0 spiro atoms. The first-order valence-corrected chi connectivity index (χ1v) is 5.86. The molecule has 0 unspecified atom stereocenters. The third kappa shape index (κ3) is 11.6. The van der Waals surface area contributed by atoms with Gasteiger partial charge in [-0.3, -0.25) is 0 Å². The molecule has 0 bridgehead atoms. The van der Waals surface area contributed by atoms with E-state index in [-0.39, 0.29) is 25.5 Å². The van der Waals surface area contributed by atoms with Gasteiger partial charge in [-0.05, 0) is 11.8 Å². The third-order valence-corrected chi connectivity index (χ3v) is 1.65. The molecular weight excluding hydrogens is 424 g/mol. The molecule has 0 N–H and O–H groups in total. The van der Waals surface area contributed by atoms with Gasteiger partial charge in [0, 0.05) is 6.20 Å². The maximum absolute atomic E-state index is 6.25. The summed E-state index contributed by atoms with van der Waals surface area (Å²) >= 11 is 0. The van der Waals surface area contributed by atoms with Crippen LogP contribution < -0.4 is 0 Å². The van der Waals surface area contributed by atoms with Crippen LogP contribution in [0, 0.1) is 30.2 Å². The van der Waals surface area contributed by atoms with E-state index in [1.54, 1.807) is 6.20 Å². The van der Waals surface area contributed by atoms with Crippen molar-refractivity contribution in [1.29, 1.82) is 5.26 Å². The van der Waals surface area contributed by atoms with E-state index in [0.717, 1.165) is 11.3 Å². The minimum atomic E-state index is 0. The average Bonchev–Trinajstić information content (AvgIpc) is 2.41. The maximum Gasteiger partial charge on any atom is 3.00 e. The van der Waals surface area contributed by atoms with Gasteiger partial charge in [0.2, 0.25) is 0 Å². The summed E-state index contributed by atoms with van der Waals surface area (Å²) < 4.78 is 0. The van der Waals surface area contributed by atoms with Gasteiger partial charge in [-0.15, -0.1) is 35.9 Å². The summed E-state index contributed by atoms with van der Waals surface area (Å²) in [6, 6.07) is 16.8. The largest absolute Gasteiger partial charge is 3.00 e. The fourth-order valence-corrected chi connectivity index (χ4v) is 1.07. The first kappa shape index (κ1) is 20.8. The van der Waals surface area contributed by atoms with Gasteiger partial charge in [-0.2, -0.15) is 5.41 Å². The molecule has 0 atom stereocenters. The molecule has 1 aromatic carbocycles. The van der Waals surface area contributed by atoms with E-state index in [1.807, 2.05) is 63.2 Å². The monoisotopic (exact) mass is 443 g/mol. The van der Waals surface area contributed by atoms with E-state index in [4.69, 9.17) is 18.8 Å². The summed E-state index contributed by atoms with van der Waals surface area (Å²) in [7, 11) is 0. The van der Waals surface area contributed by atoms with Crippen molar-refractivity contribution in [2.75, 3.05) is 0 Å². The molecule has 2 aromatic rings. The molecule has 1 radical (unpaired) electrons. The molecule has 1 heterocycles. The van der Waals surface area contributed by atoms with E-state index in [1.165, 1.54) is 0 Å². The Morgan fingerprint density at radius 3 is 2.05 bits per heavy atom. The predicted molar refractivity (Wildman–Crippen MR) is 77.2 cm³/mol. The van der Waals surface area contributed by atoms with Crippen LogP contribution in [0.2, 0.25) is 0 Å². The van der Waals surface area contributed by atoms with Crippen LogP contribution in [0.3, 0.4) is 0 Å². The Hall–Kier alpha value is -1.49. The second kappa shape index (κ2) is 11.3. The Labute approximate surface area is 136 Å². The SMILES string of the molecule is [C-]#N.[CH-]C(C)(C)C.[Ir+3].[c-]1ccccc1-c1ccccn1. The van der Waals surface area contributed by atoms with Crippen LogP contribution in [0.5, 0.6) is 0 Å². The third-order valence-electron chi connectivity index (χ3n) is 1.65. The Bertz CT molecular complexity index is 415. The fourth-order valence-electron chi connectivity index (χ4n) is 1.07. The molecule has 105 valence electrons. The topological polar surface area (TPSA) is 36.7 Å². The fraction of sp³-hybridized carbons (Fsp3) is 0.235. The minimum Gasteiger partial charge on any atom is -0.512 e. The second-order valence-corrected chi connectivity index (χ2v) is 4.86. The summed E-state index contributed by atoms with van der Waals surface area (Å²) in [6.45, 7) is 16.0. The zero-order chi connectivity index (χ0) is 14.7. The van der Waals surface area contributed by atoms with Crippen molar-refractivity contribution in [3.63, 3.8) is 0 Å². The molecule has 20 heavy (non-hydrogen) atoms. The van der Waals surface area contributed by atoms with E-state index in [2.05, 4.69) is 11.1 Å². The van der Waals surface area contributed by atoms with Crippen molar-refractivity contribution in [1.82, 2.24) is 4.98 Å². The number of hydrogen-bond donors (Lipinski definition) is 0. The number of hydrogen-bond acceptors (Lipinski definition) is 2. The van der Waals surface area contributed by atoms with Crippen molar-refractivity contribution in [3.05, 3.63) is 68.2 Å². The van der Waals surface area contributed by atoms with Crippen molar-refractivity contribution in [2.24, 2.45) is 5.41 Å². The van der Waals surface area contributed by atoms with E-state index < -0.39 is 0 Å². The number of rotatable bonds is 1. The molecule has 2 nitrogen and oxygen atoms in total. The Kier molecular flexibility index (Phi) is 11.8. The van der Waals surface area contributed by atoms with Crippen LogP contribution >= 0.6 is 0 Å². The maximum atomic E-state index is 6.25. The molecule has 0 saturated heterocycles. The minimum absolute atomic E-state index is 0. The van der Waals surface area contributed by atoms with Crippen LogP contribution in [0.25, 0.3) is 11.3 Å². The summed E-state index contributed by atoms with van der Waals surface area (Å²) in [4.78, 5) is 4.22. The van der Waals surface area contributed by atoms with Gasteiger partial charge < -0.3 is 23.7 Å². The van der Waals surface area contributed by atoms with Gasteiger partial charge >= 0.3 is 20.1 Å². The zero-order valence-electron chi connectivity index (χ0n) is 11.9. The second-order valence-electron chi connectivity index (χ2n) is 4.86. The van der Waals surface area contributed by atoms with Gasteiger partial charge in [0.15, 0.2) is 0 Å². The number of benzene rings is 1. The number of aromatic nitrogens is 1. The van der Waals surface area contributed by atoms with Gasteiger partial charge in [-0.1, -0.05) is 32.9 Å². The zero-order valence-corrected chi connectivity index (χ0v) is 14.3. The van der Waals surface area contributed by atoms with Crippen LogP contribution in [0.1, 0.15) is 20.8 Å². The molecule has 0 fully saturated rings. The van der Waals surface area contributed by atoms with Crippen molar-refractivity contribution >= 4 is 0 Å². The Balaban J connectivity index is 0. The Morgan fingerprint density at radius 2 is 1.65 bits per heavy atom. The molecular formula is C17H18IrN2.